The Kier molecular flexibility index (Phi) is 3.62. The first-order chi connectivity index (χ1) is 7.78. The minimum absolute atomic E-state index is 0.573. The highest BCUT2D eigenvalue weighted by Crippen LogP contribution is 2.18. The maximum Gasteiger partial charge on any atom is 0.214 e. The maximum absolute atomic E-state index is 5.10. The van der Waals surface area contributed by atoms with Crippen LogP contribution in [0.1, 0.15) is 12.8 Å². The van der Waals surface area contributed by atoms with Crippen LogP contribution in [-0.2, 0) is 0 Å². The maximum atomic E-state index is 5.10. The summed E-state index contributed by atoms with van der Waals surface area (Å²) in [5.41, 5.74) is 1.10. The fraction of sp³-hybridized carbons (Fsp3) is 0.583. The lowest BCUT2D eigenvalue weighted by atomic mass is 10.1. The zero-order valence-corrected chi connectivity index (χ0v) is 9.94. The molecular weight excluding hydrogens is 202 g/mol. The molecule has 0 radical (unpaired) electrons. The molecule has 0 aromatic carbocycles. The number of nitrogens with zero attached hydrogens (tertiary/aromatic N) is 2. The number of hydrogen-bond donors (Lipinski definition) is 1. The molecule has 0 aliphatic carbocycles. The highest BCUT2D eigenvalue weighted by Gasteiger charge is 2.16. The lowest BCUT2D eigenvalue weighted by molar-refractivity contribution is 0.264. The van der Waals surface area contributed by atoms with Gasteiger partial charge in [-0.25, -0.2) is 4.98 Å². The minimum atomic E-state index is 0.573. The van der Waals surface area contributed by atoms with Crippen molar-refractivity contribution < 1.29 is 4.74 Å². The number of anilines is 1. The second-order valence-corrected chi connectivity index (χ2v) is 4.31. The number of aromatic nitrogens is 1. The molecule has 0 spiro atoms. The van der Waals surface area contributed by atoms with Gasteiger partial charge in [-0.3, -0.25) is 0 Å². The van der Waals surface area contributed by atoms with Gasteiger partial charge >= 0.3 is 0 Å². The molecule has 0 saturated carbocycles. The average Bonchev–Trinajstić information content (AvgIpc) is 2.32. The van der Waals surface area contributed by atoms with E-state index in [1.165, 1.54) is 25.9 Å². The number of rotatable bonds is 3. The normalized spacial score (nSPS) is 18.4. The number of likely N-dealkylation sites (tertiary alicyclic amines) is 1. The van der Waals surface area contributed by atoms with Crippen molar-refractivity contribution in [3.63, 3.8) is 0 Å². The van der Waals surface area contributed by atoms with Gasteiger partial charge in [0.1, 0.15) is 0 Å². The molecule has 4 nitrogen and oxygen atoms in total. The molecule has 1 saturated heterocycles. The van der Waals surface area contributed by atoms with Crippen LogP contribution in [0.5, 0.6) is 5.88 Å². The summed E-state index contributed by atoms with van der Waals surface area (Å²) in [4.78, 5) is 6.46. The molecule has 2 rings (SSSR count). The fourth-order valence-electron chi connectivity index (χ4n) is 2.00. The van der Waals surface area contributed by atoms with E-state index >= 15 is 0 Å². The summed E-state index contributed by atoms with van der Waals surface area (Å²) < 4.78 is 5.10. The van der Waals surface area contributed by atoms with E-state index in [0.29, 0.717) is 11.9 Å². The van der Waals surface area contributed by atoms with Crippen molar-refractivity contribution in [2.75, 3.05) is 32.6 Å². The minimum Gasteiger partial charge on any atom is -0.481 e. The molecule has 0 atom stereocenters. The molecule has 1 aromatic rings. The summed E-state index contributed by atoms with van der Waals surface area (Å²) in [5, 5.41) is 3.53. The number of nitrogens with one attached hydrogen (secondary N) is 1. The van der Waals surface area contributed by atoms with Crippen LogP contribution in [0.4, 0.5) is 5.69 Å². The molecule has 16 heavy (non-hydrogen) atoms. The van der Waals surface area contributed by atoms with Crippen molar-refractivity contribution in [2.45, 2.75) is 18.9 Å². The first kappa shape index (κ1) is 11.2. The Morgan fingerprint density at radius 2 is 2.19 bits per heavy atom. The molecule has 2 heterocycles. The highest BCUT2D eigenvalue weighted by atomic mass is 16.5. The van der Waals surface area contributed by atoms with Crippen molar-refractivity contribution in [3.05, 3.63) is 18.3 Å². The Labute approximate surface area is 96.6 Å². The monoisotopic (exact) mass is 221 g/mol. The van der Waals surface area contributed by atoms with Crippen LogP contribution < -0.4 is 10.1 Å². The van der Waals surface area contributed by atoms with Crippen LogP contribution in [0.15, 0.2) is 18.3 Å². The lowest BCUT2D eigenvalue weighted by Gasteiger charge is -2.30. The van der Waals surface area contributed by atoms with E-state index in [9.17, 15) is 0 Å². The van der Waals surface area contributed by atoms with Gasteiger partial charge in [-0.2, -0.15) is 0 Å². The summed E-state index contributed by atoms with van der Waals surface area (Å²) in [5.74, 6) is 0.665. The van der Waals surface area contributed by atoms with Crippen LogP contribution >= 0.6 is 0 Å². The Morgan fingerprint density at radius 1 is 1.44 bits per heavy atom. The second-order valence-electron chi connectivity index (χ2n) is 4.31. The second kappa shape index (κ2) is 5.16. The number of methoxy groups -OCH3 is 1. The summed E-state index contributed by atoms with van der Waals surface area (Å²) >= 11 is 0. The number of pyridine rings is 1. The largest absolute Gasteiger partial charge is 0.481 e. The van der Waals surface area contributed by atoms with Gasteiger partial charge in [-0.05, 0) is 39.0 Å². The van der Waals surface area contributed by atoms with Crippen LogP contribution in [0.3, 0.4) is 0 Å². The average molecular weight is 221 g/mol. The Morgan fingerprint density at radius 3 is 2.88 bits per heavy atom. The van der Waals surface area contributed by atoms with Crippen LogP contribution in [0.2, 0.25) is 0 Å². The van der Waals surface area contributed by atoms with Crippen molar-refractivity contribution in [2.24, 2.45) is 0 Å². The van der Waals surface area contributed by atoms with Crippen molar-refractivity contribution in [1.82, 2.24) is 9.88 Å². The SMILES string of the molecule is COc1cc(NC2CCN(C)CC2)ccn1. The predicted octanol–water partition coefficient (Wildman–Crippen LogP) is 1.60. The molecule has 4 heteroatoms. The molecule has 0 bridgehead atoms. The zero-order chi connectivity index (χ0) is 11.4. The van der Waals surface area contributed by atoms with Gasteiger partial charge < -0.3 is 15.0 Å². The number of hydrogen-bond acceptors (Lipinski definition) is 4. The predicted molar refractivity (Wildman–Crippen MR) is 64.9 cm³/mol. The van der Waals surface area contributed by atoms with Crippen LogP contribution in [0.25, 0.3) is 0 Å². The third-order valence-electron chi connectivity index (χ3n) is 3.03. The van der Waals surface area contributed by atoms with E-state index in [-0.39, 0.29) is 0 Å². The van der Waals surface area contributed by atoms with Gasteiger partial charge in [0, 0.05) is 24.0 Å². The van der Waals surface area contributed by atoms with Crippen LogP contribution in [0, 0.1) is 0 Å². The third-order valence-corrected chi connectivity index (χ3v) is 3.03. The lowest BCUT2D eigenvalue weighted by Crippen LogP contribution is -2.36. The zero-order valence-electron chi connectivity index (χ0n) is 9.94. The van der Waals surface area contributed by atoms with Crippen molar-refractivity contribution in [3.8, 4) is 5.88 Å². The Bertz CT molecular complexity index is 335. The summed E-state index contributed by atoms with van der Waals surface area (Å²) in [6, 6.07) is 4.50. The number of ether oxygens (including phenoxy) is 1. The van der Waals surface area contributed by atoms with Gasteiger partial charge in [0.25, 0.3) is 0 Å². The first-order valence-electron chi connectivity index (χ1n) is 5.73. The molecule has 1 aliphatic heterocycles. The van der Waals surface area contributed by atoms with Gasteiger partial charge in [0.05, 0.1) is 7.11 Å². The standard InChI is InChI=1S/C12H19N3O/c1-15-7-4-10(5-8-15)14-11-3-6-13-12(9-11)16-2/h3,6,9-10H,4-5,7-8H2,1-2H3,(H,13,14). The van der Waals surface area contributed by atoms with E-state index in [2.05, 4.69) is 22.2 Å². The highest BCUT2D eigenvalue weighted by molar-refractivity contribution is 5.45. The molecule has 1 aromatic heterocycles. The topological polar surface area (TPSA) is 37.4 Å². The molecule has 1 aliphatic rings. The van der Waals surface area contributed by atoms with E-state index in [4.69, 9.17) is 4.74 Å². The quantitative estimate of drug-likeness (QED) is 0.841. The summed E-state index contributed by atoms with van der Waals surface area (Å²) in [6.07, 6.45) is 4.17. The van der Waals surface area contributed by atoms with E-state index in [1.807, 2.05) is 12.1 Å². The number of piperidine rings is 1. The van der Waals surface area contributed by atoms with Gasteiger partial charge in [0.2, 0.25) is 5.88 Å². The van der Waals surface area contributed by atoms with Crippen LogP contribution in [-0.4, -0.2) is 43.2 Å². The van der Waals surface area contributed by atoms with Gasteiger partial charge in [-0.15, -0.1) is 0 Å². The molecule has 88 valence electrons. The summed E-state index contributed by atoms with van der Waals surface area (Å²) in [7, 11) is 3.81. The smallest absolute Gasteiger partial charge is 0.214 e. The molecule has 0 amide bonds. The Hall–Kier alpha value is -1.29. The van der Waals surface area contributed by atoms with E-state index < -0.39 is 0 Å². The van der Waals surface area contributed by atoms with Gasteiger partial charge in [-0.1, -0.05) is 0 Å². The van der Waals surface area contributed by atoms with E-state index in [1.54, 1.807) is 13.3 Å². The first-order valence-corrected chi connectivity index (χ1v) is 5.73. The van der Waals surface area contributed by atoms with E-state index in [0.717, 1.165) is 5.69 Å². The molecule has 0 unspecified atom stereocenters. The molecule has 1 N–H and O–H groups in total. The molecular formula is C12H19N3O. The fourth-order valence-corrected chi connectivity index (χ4v) is 2.00. The van der Waals surface area contributed by atoms with Crippen molar-refractivity contribution in [1.29, 1.82) is 0 Å². The van der Waals surface area contributed by atoms with Crippen molar-refractivity contribution >= 4 is 5.69 Å². The molecule has 1 fully saturated rings. The Balaban J connectivity index is 1.93. The summed E-state index contributed by atoms with van der Waals surface area (Å²) in [6.45, 7) is 2.33. The van der Waals surface area contributed by atoms with Gasteiger partial charge in [0.15, 0.2) is 0 Å². The third kappa shape index (κ3) is 2.85.